The van der Waals surface area contributed by atoms with Crippen molar-refractivity contribution in [3.63, 3.8) is 0 Å². The van der Waals surface area contributed by atoms with Crippen molar-refractivity contribution in [1.29, 1.82) is 0 Å². The van der Waals surface area contributed by atoms with Gasteiger partial charge in [0.25, 0.3) is 0 Å². The first-order chi connectivity index (χ1) is 13.1. The van der Waals surface area contributed by atoms with E-state index in [2.05, 4.69) is 58.3 Å². The zero-order valence-electron chi connectivity index (χ0n) is 15.1. The second kappa shape index (κ2) is 7.04. The highest BCUT2D eigenvalue weighted by molar-refractivity contribution is 9.10. The van der Waals surface area contributed by atoms with E-state index < -0.39 is 0 Å². The molecular weight excluding hydrogens is 404 g/mol. The number of fused-ring (bicyclic) bond motifs is 1. The van der Waals surface area contributed by atoms with Crippen LogP contribution in [-0.2, 0) is 6.42 Å². The van der Waals surface area contributed by atoms with E-state index >= 15 is 0 Å². The largest absolute Gasteiger partial charge is 0.508 e. The van der Waals surface area contributed by atoms with E-state index in [1.165, 1.54) is 11.1 Å². The van der Waals surface area contributed by atoms with Crippen LogP contribution in [0, 0.1) is 6.92 Å². The summed E-state index contributed by atoms with van der Waals surface area (Å²) in [5, 5.41) is 13.2. The Hall–Kier alpha value is -2.86. The standard InChI is InChI=1S/C21H19BrN4O/c1-3-14-6-4-5-13(2)19(14)25-21-20(15-7-9-16(27)10-8-15)24-18-11-23-17(22)12-26(18)21/h4-12,25,27H,3H2,1-2H3. The third-order valence-electron chi connectivity index (χ3n) is 4.60. The Morgan fingerprint density at radius 2 is 1.93 bits per heavy atom. The fraction of sp³-hybridized carbons (Fsp3) is 0.143. The first kappa shape index (κ1) is 17.5. The minimum absolute atomic E-state index is 0.230. The molecule has 5 nitrogen and oxygen atoms in total. The van der Waals surface area contributed by atoms with E-state index in [0.29, 0.717) is 0 Å². The quantitative estimate of drug-likeness (QED) is 0.457. The van der Waals surface area contributed by atoms with E-state index in [4.69, 9.17) is 4.98 Å². The minimum Gasteiger partial charge on any atom is -0.508 e. The Morgan fingerprint density at radius 3 is 2.67 bits per heavy atom. The number of hydrogen-bond acceptors (Lipinski definition) is 4. The average Bonchev–Trinajstić information content (AvgIpc) is 3.01. The lowest BCUT2D eigenvalue weighted by Crippen LogP contribution is -2.02. The van der Waals surface area contributed by atoms with Gasteiger partial charge in [-0.2, -0.15) is 0 Å². The van der Waals surface area contributed by atoms with E-state index in [1.807, 2.05) is 22.7 Å². The molecule has 0 fully saturated rings. The first-order valence-electron chi connectivity index (χ1n) is 8.75. The summed E-state index contributed by atoms with van der Waals surface area (Å²) in [7, 11) is 0. The number of imidazole rings is 1. The summed E-state index contributed by atoms with van der Waals surface area (Å²) in [5.74, 6) is 1.09. The Labute approximate surface area is 165 Å². The molecule has 0 spiro atoms. The van der Waals surface area contributed by atoms with Gasteiger partial charge in [-0.25, -0.2) is 9.97 Å². The third-order valence-corrected chi connectivity index (χ3v) is 5.01. The fourth-order valence-electron chi connectivity index (χ4n) is 3.19. The van der Waals surface area contributed by atoms with Gasteiger partial charge in [0.2, 0.25) is 0 Å². The van der Waals surface area contributed by atoms with Crippen LogP contribution in [0.3, 0.4) is 0 Å². The number of phenolic OH excluding ortho intramolecular Hbond substituents is 1. The number of benzene rings is 2. The van der Waals surface area contributed by atoms with E-state index in [0.717, 1.165) is 39.4 Å². The molecule has 0 saturated heterocycles. The van der Waals surface area contributed by atoms with Crippen LogP contribution < -0.4 is 5.32 Å². The summed E-state index contributed by atoms with van der Waals surface area (Å²) in [6.45, 7) is 4.25. The average molecular weight is 423 g/mol. The SMILES string of the molecule is CCc1cccc(C)c1Nc1c(-c2ccc(O)cc2)nc2cnc(Br)cn12. The number of halogens is 1. The molecule has 0 aliphatic carbocycles. The lowest BCUT2D eigenvalue weighted by molar-refractivity contribution is 0.475. The maximum atomic E-state index is 9.63. The molecule has 0 atom stereocenters. The summed E-state index contributed by atoms with van der Waals surface area (Å²) >= 11 is 3.45. The fourth-order valence-corrected chi connectivity index (χ4v) is 3.50. The van der Waals surface area contributed by atoms with Crippen LogP contribution in [0.1, 0.15) is 18.1 Å². The maximum absolute atomic E-state index is 9.63. The number of rotatable bonds is 4. The molecule has 2 N–H and O–H groups in total. The summed E-state index contributed by atoms with van der Waals surface area (Å²) < 4.78 is 2.72. The van der Waals surface area contributed by atoms with Crippen LogP contribution in [0.5, 0.6) is 5.75 Å². The molecule has 4 aromatic rings. The van der Waals surface area contributed by atoms with Gasteiger partial charge in [0, 0.05) is 17.4 Å². The van der Waals surface area contributed by atoms with E-state index in [-0.39, 0.29) is 5.75 Å². The second-order valence-corrected chi connectivity index (χ2v) is 7.19. The minimum atomic E-state index is 0.230. The number of aromatic nitrogens is 3. The van der Waals surface area contributed by atoms with Crippen molar-refractivity contribution in [3.8, 4) is 17.0 Å². The predicted octanol–water partition coefficient (Wildman–Crippen LogP) is 5.48. The molecule has 2 aromatic carbocycles. The number of para-hydroxylation sites is 1. The summed E-state index contributed by atoms with van der Waals surface area (Å²) in [6, 6.07) is 13.4. The molecule has 0 saturated carbocycles. The van der Waals surface area contributed by atoms with Crippen LogP contribution in [0.4, 0.5) is 11.5 Å². The highest BCUT2D eigenvalue weighted by atomic mass is 79.9. The number of aryl methyl sites for hydroxylation is 2. The Balaban J connectivity index is 1.94. The molecule has 2 aromatic heterocycles. The van der Waals surface area contributed by atoms with Gasteiger partial charge in [0.15, 0.2) is 5.65 Å². The van der Waals surface area contributed by atoms with Crippen molar-refractivity contribution in [2.45, 2.75) is 20.3 Å². The molecular formula is C21H19BrN4O. The smallest absolute Gasteiger partial charge is 0.157 e. The van der Waals surface area contributed by atoms with Gasteiger partial charge in [-0.1, -0.05) is 25.1 Å². The molecule has 0 bridgehead atoms. The Bertz CT molecular complexity index is 1120. The molecule has 4 rings (SSSR count). The van der Waals surface area contributed by atoms with Crippen molar-refractivity contribution < 1.29 is 5.11 Å². The van der Waals surface area contributed by atoms with Crippen molar-refractivity contribution in [3.05, 3.63) is 70.6 Å². The van der Waals surface area contributed by atoms with Crippen molar-refractivity contribution >= 4 is 33.1 Å². The highest BCUT2D eigenvalue weighted by Gasteiger charge is 2.17. The van der Waals surface area contributed by atoms with Gasteiger partial charge >= 0.3 is 0 Å². The summed E-state index contributed by atoms with van der Waals surface area (Å²) in [5.41, 5.74) is 5.98. The molecule has 136 valence electrons. The zero-order valence-corrected chi connectivity index (χ0v) is 16.7. The van der Waals surface area contributed by atoms with Crippen molar-refractivity contribution in [1.82, 2.24) is 14.4 Å². The van der Waals surface area contributed by atoms with Gasteiger partial charge in [0.05, 0.1) is 6.20 Å². The van der Waals surface area contributed by atoms with Gasteiger partial charge in [-0.15, -0.1) is 0 Å². The highest BCUT2D eigenvalue weighted by Crippen LogP contribution is 2.34. The first-order valence-corrected chi connectivity index (χ1v) is 9.54. The Kier molecular flexibility index (Phi) is 4.58. The number of nitrogens with zero attached hydrogens (tertiary/aromatic N) is 3. The molecule has 2 heterocycles. The summed E-state index contributed by atoms with van der Waals surface area (Å²) in [4.78, 5) is 9.06. The topological polar surface area (TPSA) is 62.5 Å². The van der Waals surface area contributed by atoms with Crippen LogP contribution in [0.25, 0.3) is 16.9 Å². The molecule has 0 aliphatic heterocycles. The monoisotopic (exact) mass is 422 g/mol. The molecule has 0 amide bonds. The van der Waals surface area contributed by atoms with Crippen LogP contribution in [-0.4, -0.2) is 19.5 Å². The van der Waals surface area contributed by atoms with Crippen molar-refractivity contribution in [2.75, 3.05) is 5.32 Å². The molecule has 0 aliphatic rings. The molecule has 0 radical (unpaired) electrons. The molecule has 27 heavy (non-hydrogen) atoms. The van der Waals surface area contributed by atoms with Gasteiger partial charge in [-0.05, 0) is 64.7 Å². The normalized spacial score (nSPS) is 11.1. The number of aromatic hydroxyl groups is 1. The maximum Gasteiger partial charge on any atom is 0.157 e. The van der Waals surface area contributed by atoms with Crippen molar-refractivity contribution in [2.24, 2.45) is 0 Å². The van der Waals surface area contributed by atoms with Crippen LogP contribution in [0.2, 0.25) is 0 Å². The molecule has 6 heteroatoms. The summed E-state index contributed by atoms with van der Waals surface area (Å²) in [6.07, 6.45) is 4.57. The molecule has 0 unspecified atom stereocenters. The van der Waals surface area contributed by atoms with E-state index in [9.17, 15) is 5.11 Å². The zero-order chi connectivity index (χ0) is 19.0. The predicted molar refractivity (Wildman–Crippen MR) is 112 cm³/mol. The lowest BCUT2D eigenvalue weighted by atomic mass is 10.1. The Morgan fingerprint density at radius 1 is 1.15 bits per heavy atom. The van der Waals surface area contributed by atoms with Crippen LogP contribution >= 0.6 is 15.9 Å². The van der Waals surface area contributed by atoms with Crippen LogP contribution in [0.15, 0.2) is 59.5 Å². The number of nitrogens with one attached hydrogen (secondary N) is 1. The van der Waals surface area contributed by atoms with Gasteiger partial charge in [0.1, 0.15) is 21.9 Å². The third kappa shape index (κ3) is 3.28. The van der Waals surface area contributed by atoms with Gasteiger partial charge in [-0.3, -0.25) is 4.40 Å². The number of anilines is 2. The van der Waals surface area contributed by atoms with Gasteiger partial charge < -0.3 is 10.4 Å². The number of hydrogen-bond donors (Lipinski definition) is 2. The second-order valence-electron chi connectivity index (χ2n) is 6.38. The lowest BCUT2D eigenvalue weighted by Gasteiger charge is -2.15. The van der Waals surface area contributed by atoms with E-state index in [1.54, 1.807) is 18.3 Å². The number of phenols is 1.